The number of carbonyl (C=O) groups is 1. The van der Waals surface area contributed by atoms with Crippen molar-refractivity contribution in [1.82, 2.24) is 15.3 Å². The normalized spacial score (nSPS) is 16.6. The van der Waals surface area contributed by atoms with Crippen molar-refractivity contribution < 1.29 is 9.53 Å². The molecule has 130 valence electrons. The highest BCUT2D eigenvalue weighted by Crippen LogP contribution is 2.40. The van der Waals surface area contributed by atoms with E-state index in [4.69, 9.17) is 4.74 Å². The number of hydrogen-bond donors (Lipinski definition) is 1. The smallest absolute Gasteiger partial charge is 0.258 e. The van der Waals surface area contributed by atoms with Gasteiger partial charge in [0.2, 0.25) is 5.88 Å². The van der Waals surface area contributed by atoms with Crippen LogP contribution in [0.3, 0.4) is 0 Å². The van der Waals surface area contributed by atoms with E-state index in [0.717, 1.165) is 27.9 Å². The molecule has 0 aromatic carbocycles. The van der Waals surface area contributed by atoms with Gasteiger partial charge in [-0.15, -0.1) is 22.7 Å². The van der Waals surface area contributed by atoms with Crippen molar-refractivity contribution in [3.63, 3.8) is 0 Å². The minimum absolute atomic E-state index is 0.0293. The van der Waals surface area contributed by atoms with Crippen LogP contribution in [0.5, 0.6) is 5.88 Å². The van der Waals surface area contributed by atoms with Gasteiger partial charge in [0.15, 0.2) is 6.61 Å². The molecule has 25 heavy (non-hydrogen) atoms. The number of aryl methyl sites for hydroxylation is 1. The number of nitrogens with zero attached hydrogens (tertiary/aromatic N) is 2. The second-order valence-electron chi connectivity index (χ2n) is 6.36. The van der Waals surface area contributed by atoms with Gasteiger partial charge in [-0.1, -0.05) is 13.0 Å². The lowest BCUT2D eigenvalue weighted by molar-refractivity contribution is -0.123. The monoisotopic (exact) mass is 373 g/mol. The molecule has 0 fully saturated rings. The number of aromatic nitrogens is 2. The topological polar surface area (TPSA) is 64.1 Å². The van der Waals surface area contributed by atoms with Crippen LogP contribution in [0.25, 0.3) is 10.2 Å². The van der Waals surface area contributed by atoms with Crippen LogP contribution in [0.1, 0.15) is 28.7 Å². The third-order valence-electron chi connectivity index (χ3n) is 4.44. The Kier molecular flexibility index (Phi) is 4.67. The van der Waals surface area contributed by atoms with E-state index in [9.17, 15) is 4.79 Å². The largest absolute Gasteiger partial charge is 0.467 e. The fourth-order valence-corrected chi connectivity index (χ4v) is 5.12. The fraction of sp³-hybridized carbons (Fsp3) is 0.389. The molecule has 1 aliphatic rings. The van der Waals surface area contributed by atoms with Crippen LogP contribution in [0.4, 0.5) is 0 Å². The summed E-state index contributed by atoms with van der Waals surface area (Å²) in [5, 5.41) is 5.87. The van der Waals surface area contributed by atoms with Crippen LogP contribution in [-0.2, 0) is 24.2 Å². The fourth-order valence-electron chi connectivity index (χ4n) is 3.14. The van der Waals surface area contributed by atoms with Gasteiger partial charge in [0.25, 0.3) is 5.91 Å². The molecule has 0 unspecified atom stereocenters. The Morgan fingerprint density at radius 2 is 2.36 bits per heavy atom. The SMILES string of the molecule is C[C@@H]1CCc2c(sc3ncnc(OCC(=O)NCc4cccs4)c23)C1. The van der Waals surface area contributed by atoms with E-state index in [-0.39, 0.29) is 12.5 Å². The second kappa shape index (κ2) is 7.09. The predicted molar refractivity (Wildman–Crippen MR) is 100 cm³/mol. The highest BCUT2D eigenvalue weighted by Gasteiger charge is 2.23. The van der Waals surface area contributed by atoms with Crippen molar-refractivity contribution in [2.75, 3.05) is 6.61 Å². The van der Waals surface area contributed by atoms with Crippen LogP contribution in [-0.4, -0.2) is 22.5 Å². The first kappa shape index (κ1) is 16.5. The maximum Gasteiger partial charge on any atom is 0.258 e. The van der Waals surface area contributed by atoms with E-state index in [0.29, 0.717) is 18.3 Å². The Morgan fingerprint density at radius 1 is 1.44 bits per heavy atom. The lowest BCUT2D eigenvalue weighted by atomic mass is 9.89. The minimum atomic E-state index is -0.141. The van der Waals surface area contributed by atoms with Gasteiger partial charge in [-0.2, -0.15) is 0 Å². The number of ether oxygens (including phenoxy) is 1. The van der Waals surface area contributed by atoms with Crippen molar-refractivity contribution in [3.05, 3.63) is 39.2 Å². The van der Waals surface area contributed by atoms with Crippen LogP contribution < -0.4 is 10.1 Å². The molecule has 3 aromatic heterocycles. The van der Waals surface area contributed by atoms with E-state index in [1.54, 1.807) is 22.7 Å². The summed E-state index contributed by atoms with van der Waals surface area (Å²) in [6.45, 7) is 2.79. The summed E-state index contributed by atoms with van der Waals surface area (Å²) in [6.07, 6.45) is 4.82. The summed E-state index contributed by atoms with van der Waals surface area (Å²) in [6, 6.07) is 3.97. The molecule has 1 atom stereocenters. The van der Waals surface area contributed by atoms with E-state index < -0.39 is 0 Å². The summed E-state index contributed by atoms with van der Waals surface area (Å²) in [4.78, 5) is 24.2. The van der Waals surface area contributed by atoms with Gasteiger partial charge in [-0.3, -0.25) is 4.79 Å². The maximum absolute atomic E-state index is 12.0. The zero-order chi connectivity index (χ0) is 17.2. The summed E-state index contributed by atoms with van der Waals surface area (Å²) < 4.78 is 5.75. The highest BCUT2D eigenvalue weighted by atomic mass is 32.1. The van der Waals surface area contributed by atoms with Crippen molar-refractivity contribution in [2.24, 2.45) is 5.92 Å². The minimum Gasteiger partial charge on any atom is -0.467 e. The number of thiophene rings is 2. The number of rotatable bonds is 5. The van der Waals surface area contributed by atoms with E-state index in [1.165, 1.54) is 23.2 Å². The van der Waals surface area contributed by atoms with Crippen molar-refractivity contribution in [2.45, 2.75) is 32.7 Å². The molecule has 1 amide bonds. The third-order valence-corrected chi connectivity index (χ3v) is 6.48. The molecule has 3 heterocycles. The van der Waals surface area contributed by atoms with Crippen molar-refractivity contribution in [1.29, 1.82) is 0 Å². The molecule has 0 bridgehead atoms. The van der Waals surface area contributed by atoms with Crippen LogP contribution >= 0.6 is 22.7 Å². The lowest BCUT2D eigenvalue weighted by Gasteiger charge is -2.18. The first-order valence-electron chi connectivity index (χ1n) is 8.38. The van der Waals surface area contributed by atoms with Gasteiger partial charge in [0, 0.05) is 9.75 Å². The molecular weight excluding hydrogens is 354 g/mol. The van der Waals surface area contributed by atoms with E-state index >= 15 is 0 Å². The quantitative estimate of drug-likeness (QED) is 0.742. The molecule has 3 aromatic rings. The van der Waals surface area contributed by atoms with E-state index in [1.807, 2.05) is 17.5 Å². The number of carbonyl (C=O) groups excluding carboxylic acids is 1. The Morgan fingerprint density at radius 3 is 3.20 bits per heavy atom. The van der Waals surface area contributed by atoms with Gasteiger partial charge in [-0.05, 0) is 42.2 Å². The molecule has 5 nitrogen and oxygen atoms in total. The summed E-state index contributed by atoms with van der Waals surface area (Å²) in [7, 11) is 0. The third kappa shape index (κ3) is 3.52. The molecule has 1 aliphatic carbocycles. The number of hydrogen-bond acceptors (Lipinski definition) is 6. The summed E-state index contributed by atoms with van der Waals surface area (Å²) in [5.74, 6) is 1.10. The maximum atomic E-state index is 12.0. The molecule has 0 radical (unpaired) electrons. The number of nitrogens with one attached hydrogen (secondary N) is 1. The number of fused-ring (bicyclic) bond motifs is 3. The highest BCUT2D eigenvalue weighted by molar-refractivity contribution is 7.18. The average molecular weight is 374 g/mol. The molecular formula is C18H19N3O2S2. The summed E-state index contributed by atoms with van der Waals surface area (Å²) in [5.41, 5.74) is 1.31. The average Bonchev–Trinajstić information content (AvgIpc) is 3.24. The van der Waals surface area contributed by atoms with Gasteiger partial charge in [0.05, 0.1) is 11.9 Å². The van der Waals surface area contributed by atoms with Gasteiger partial charge < -0.3 is 10.1 Å². The zero-order valence-electron chi connectivity index (χ0n) is 13.9. The Labute approximate surface area is 154 Å². The Hall–Kier alpha value is -1.99. The van der Waals surface area contributed by atoms with Crippen LogP contribution in [0.2, 0.25) is 0 Å². The Balaban J connectivity index is 1.47. The van der Waals surface area contributed by atoms with E-state index in [2.05, 4.69) is 22.2 Å². The van der Waals surface area contributed by atoms with Gasteiger partial charge >= 0.3 is 0 Å². The second-order valence-corrected chi connectivity index (χ2v) is 8.47. The van der Waals surface area contributed by atoms with Crippen LogP contribution in [0.15, 0.2) is 23.8 Å². The molecule has 0 saturated carbocycles. The predicted octanol–water partition coefficient (Wildman–Crippen LogP) is 3.57. The first-order valence-corrected chi connectivity index (χ1v) is 10.1. The van der Waals surface area contributed by atoms with Crippen molar-refractivity contribution in [3.8, 4) is 5.88 Å². The molecule has 4 rings (SSSR count). The molecule has 0 saturated heterocycles. The molecule has 0 spiro atoms. The number of amides is 1. The summed E-state index contributed by atoms with van der Waals surface area (Å²) >= 11 is 3.35. The lowest BCUT2D eigenvalue weighted by Crippen LogP contribution is -2.28. The molecule has 1 N–H and O–H groups in total. The van der Waals surface area contributed by atoms with Gasteiger partial charge in [-0.25, -0.2) is 9.97 Å². The van der Waals surface area contributed by atoms with Crippen LogP contribution in [0, 0.1) is 5.92 Å². The molecule has 0 aliphatic heterocycles. The standard InChI is InChI=1S/C18H19N3O2S2/c1-11-4-5-13-14(7-11)25-18-16(13)17(20-10-21-18)23-9-15(22)19-8-12-3-2-6-24-12/h2-3,6,10-11H,4-5,7-9H2,1H3,(H,19,22)/t11-/m1/s1. The van der Waals surface area contributed by atoms with Gasteiger partial charge in [0.1, 0.15) is 11.2 Å². The zero-order valence-corrected chi connectivity index (χ0v) is 15.6. The van der Waals surface area contributed by atoms with Crippen molar-refractivity contribution >= 4 is 38.8 Å². The molecule has 7 heteroatoms. The Bertz CT molecular complexity index is 889. The first-order chi connectivity index (χ1) is 12.2.